The lowest BCUT2D eigenvalue weighted by molar-refractivity contribution is 0.475. The van der Waals surface area contributed by atoms with Crippen LogP contribution in [-0.2, 0) is 0 Å². The zero-order valence-corrected chi connectivity index (χ0v) is 13.4. The van der Waals surface area contributed by atoms with Gasteiger partial charge in [0.05, 0.1) is 10.5 Å². The topological polar surface area (TPSA) is 25.2 Å². The second-order valence-corrected chi connectivity index (χ2v) is 5.91. The molecule has 0 bridgehead atoms. The van der Waals surface area contributed by atoms with Gasteiger partial charge >= 0.3 is 0 Å². The Morgan fingerprint density at radius 2 is 2.00 bits per heavy atom. The highest BCUT2D eigenvalue weighted by Crippen LogP contribution is 2.33. The highest BCUT2D eigenvalue weighted by molar-refractivity contribution is 9.10. The molecule has 0 saturated carbocycles. The molecule has 0 radical (unpaired) electrons. The first-order valence-corrected chi connectivity index (χ1v) is 7.50. The van der Waals surface area contributed by atoms with Crippen LogP contribution >= 0.6 is 15.9 Å². The van der Waals surface area contributed by atoms with Crippen molar-refractivity contribution >= 4 is 26.9 Å². The second kappa shape index (κ2) is 5.62. The Morgan fingerprint density at radius 3 is 2.71 bits per heavy atom. The summed E-state index contributed by atoms with van der Waals surface area (Å²) in [6.07, 6.45) is 0. The van der Waals surface area contributed by atoms with E-state index >= 15 is 0 Å². The van der Waals surface area contributed by atoms with Gasteiger partial charge in [0, 0.05) is 10.9 Å². The Balaban J connectivity index is 2.13. The van der Waals surface area contributed by atoms with Crippen LogP contribution in [0.15, 0.2) is 51.4 Å². The molecule has 0 saturated heterocycles. The van der Waals surface area contributed by atoms with Crippen LogP contribution in [0.1, 0.15) is 22.9 Å². The van der Waals surface area contributed by atoms with Gasteiger partial charge in [0.2, 0.25) is 0 Å². The van der Waals surface area contributed by atoms with E-state index in [2.05, 4.69) is 21.2 Å². The molecule has 21 heavy (non-hydrogen) atoms. The number of para-hydroxylation sites is 1. The van der Waals surface area contributed by atoms with Gasteiger partial charge in [-0.15, -0.1) is 0 Å². The van der Waals surface area contributed by atoms with Crippen LogP contribution in [0.25, 0.3) is 11.0 Å². The average Bonchev–Trinajstić information content (AvgIpc) is 2.89. The minimum absolute atomic E-state index is 0.237. The number of nitrogens with one attached hydrogen (secondary N) is 1. The normalized spacial score (nSPS) is 12.8. The van der Waals surface area contributed by atoms with Crippen molar-refractivity contribution in [3.8, 4) is 0 Å². The van der Waals surface area contributed by atoms with Crippen molar-refractivity contribution < 1.29 is 8.81 Å². The lowest BCUT2D eigenvalue weighted by atomic mass is 10.0. The Labute approximate surface area is 131 Å². The number of furan rings is 1. The lowest BCUT2D eigenvalue weighted by Gasteiger charge is -2.15. The van der Waals surface area contributed by atoms with E-state index < -0.39 is 0 Å². The summed E-state index contributed by atoms with van der Waals surface area (Å²) >= 11 is 3.48. The molecule has 1 atom stereocenters. The van der Waals surface area contributed by atoms with Crippen molar-refractivity contribution in [1.29, 1.82) is 0 Å². The molecule has 4 heteroatoms. The Bertz CT molecular complexity index is 797. The van der Waals surface area contributed by atoms with Crippen LogP contribution in [0, 0.1) is 12.7 Å². The second-order valence-electron chi connectivity index (χ2n) is 5.05. The number of benzene rings is 2. The Morgan fingerprint density at radius 1 is 1.19 bits per heavy atom. The summed E-state index contributed by atoms with van der Waals surface area (Å²) in [5.74, 6) is 0.461. The number of hydrogen-bond donors (Lipinski definition) is 1. The molecule has 1 aromatic heterocycles. The maximum absolute atomic E-state index is 14.1. The van der Waals surface area contributed by atoms with Gasteiger partial charge in [-0.1, -0.05) is 29.8 Å². The monoisotopic (exact) mass is 347 g/mol. The lowest BCUT2D eigenvalue weighted by Crippen LogP contribution is -2.18. The SMILES string of the molecule is CNC(c1cc2cccc(Br)c2o1)c1cc(C)ccc1F. The molecule has 2 aromatic carbocycles. The van der Waals surface area contributed by atoms with Gasteiger partial charge < -0.3 is 9.73 Å². The van der Waals surface area contributed by atoms with Gasteiger partial charge in [0.1, 0.15) is 17.2 Å². The van der Waals surface area contributed by atoms with Gasteiger partial charge in [-0.05, 0) is 48.1 Å². The molecule has 0 aliphatic heterocycles. The first kappa shape index (κ1) is 14.3. The van der Waals surface area contributed by atoms with Crippen molar-refractivity contribution in [2.24, 2.45) is 0 Å². The highest BCUT2D eigenvalue weighted by Gasteiger charge is 2.20. The van der Waals surface area contributed by atoms with Crippen LogP contribution in [0.5, 0.6) is 0 Å². The van der Waals surface area contributed by atoms with E-state index in [4.69, 9.17) is 4.42 Å². The average molecular weight is 348 g/mol. The molecule has 108 valence electrons. The third-order valence-corrected chi connectivity index (χ3v) is 4.18. The molecule has 0 aliphatic carbocycles. The maximum Gasteiger partial charge on any atom is 0.148 e. The molecule has 0 aliphatic rings. The molecule has 1 heterocycles. The fourth-order valence-corrected chi connectivity index (χ4v) is 2.99. The van der Waals surface area contributed by atoms with E-state index in [9.17, 15) is 4.39 Å². The minimum atomic E-state index is -0.316. The molecular formula is C17H15BrFNO. The minimum Gasteiger partial charge on any atom is -0.458 e. The van der Waals surface area contributed by atoms with Gasteiger partial charge in [0.25, 0.3) is 0 Å². The summed E-state index contributed by atoms with van der Waals surface area (Å²) in [7, 11) is 1.80. The number of halogens is 2. The van der Waals surface area contributed by atoms with Crippen molar-refractivity contribution in [2.45, 2.75) is 13.0 Å². The maximum atomic E-state index is 14.1. The Kier molecular flexibility index (Phi) is 3.83. The van der Waals surface area contributed by atoms with Crippen LogP contribution < -0.4 is 5.32 Å². The summed E-state index contributed by atoms with van der Waals surface area (Å²) in [4.78, 5) is 0. The largest absolute Gasteiger partial charge is 0.458 e. The van der Waals surface area contributed by atoms with E-state index in [1.807, 2.05) is 37.3 Å². The Hall–Kier alpha value is -1.65. The van der Waals surface area contributed by atoms with Crippen LogP contribution in [0.3, 0.4) is 0 Å². The summed E-state index contributed by atoms with van der Waals surface area (Å²) < 4.78 is 21.0. The van der Waals surface area contributed by atoms with Crippen LogP contribution in [-0.4, -0.2) is 7.05 Å². The first-order valence-electron chi connectivity index (χ1n) is 6.71. The van der Waals surface area contributed by atoms with E-state index in [0.717, 1.165) is 21.0 Å². The summed E-state index contributed by atoms with van der Waals surface area (Å²) in [5.41, 5.74) is 2.39. The summed E-state index contributed by atoms with van der Waals surface area (Å²) in [6.45, 7) is 1.95. The third kappa shape index (κ3) is 2.61. The molecule has 0 spiro atoms. The smallest absolute Gasteiger partial charge is 0.148 e. The number of fused-ring (bicyclic) bond motifs is 1. The highest BCUT2D eigenvalue weighted by atomic mass is 79.9. The predicted octanol–water partition coefficient (Wildman–Crippen LogP) is 4.95. The molecule has 0 amide bonds. The fourth-order valence-electron chi connectivity index (χ4n) is 2.53. The molecule has 2 nitrogen and oxygen atoms in total. The van der Waals surface area contributed by atoms with Crippen LogP contribution in [0.4, 0.5) is 4.39 Å². The van der Waals surface area contributed by atoms with Gasteiger partial charge in [0.15, 0.2) is 0 Å². The fraction of sp³-hybridized carbons (Fsp3) is 0.176. The molecule has 1 N–H and O–H groups in total. The van der Waals surface area contributed by atoms with E-state index in [1.165, 1.54) is 6.07 Å². The van der Waals surface area contributed by atoms with Crippen molar-refractivity contribution in [3.05, 3.63) is 69.6 Å². The van der Waals surface area contributed by atoms with E-state index in [0.29, 0.717) is 11.3 Å². The standard InChI is InChI=1S/C17H15BrFNO/c1-10-6-7-14(19)12(8-10)16(20-2)15-9-11-4-3-5-13(18)17(11)21-15/h3-9,16,20H,1-2H3. The molecular weight excluding hydrogens is 333 g/mol. The third-order valence-electron chi connectivity index (χ3n) is 3.55. The van der Waals surface area contributed by atoms with Crippen LogP contribution in [0.2, 0.25) is 0 Å². The van der Waals surface area contributed by atoms with E-state index in [1.54, 1.807) is 13.1 Å². The van der Waals surface area contributed by atoms with E-state index in [-0.39, 0.29) is 11.9 Å². The molecule has 0 fully saturated rings. The van der Waals surface area contributed by atoms with Gasteiger partial charge in [-0.3, -0.25) is 0 Å². The summed E-state index contributed by atoms with van der Waals surface area (Å²) in [6, 6.07) is 12.6. The molecule has 3 aromatic rings. The van der Waals surface area contributed by atoms with Crippen molar-refractivity contribution in [3.63, 3.8) is 0 Å². The molecule has 3 rings (SSSR count). The zero-order valence-electron chi connectivity index (χ0n) is 11.8. The predicted molar refractivity (Wildman–Crippen MR) is 86.0 cm³/mol. The van der Waals surface area contributed by atoms with Crippen molar-refractivity contribution in [1.82, 2.24) is 5.32 Å². The van der Waals surface area contributed by atoms with Gasteiger partial charge in [-0.25, -0.2) is 4.39 Å². The number of rotatable bonds is 3. The first-order chi connectivity index (χ1) is 10.1. The number of hydrogen-bond acceptors (Lipinski definition) is 2. The van der Waals surface area contributed by atoms with Crippen molar-refractivity contribution in [2.75, 3.05) is 7.05 Å². The quantitative estimate of drug-likeness (QED) is 0.724. The summed E-state index contributed by atoms with van der Waals surface area (Å²) in [5, 5.41) is 4.13. The molecule has 1 unspecified atom stereocenters. The van der Waals surface area contributed by atoms with Gasteiger partial charge in [-0.2, -0.15) is 0 Å². The number of aryl methyl sites for hydroxylation is 1. The zero-order chi connectivity index (χ0) is 15.0.